The first-order chi connectivity index (χ1) is 9.56. The number of nitrogens with zero attached hydrogens (tertiary/aromatic N) is 2. The summed E-state index contributed by atoms with van der Waals surface area (Å²) in [6.07, 6.45) is 2.43. The van der Waals surface area contributed by atoms with Gasteiger partial charge in [0.1, 0.15) is 11.9 Å². The molecule has 2 heterocycles. The molecule has 0 aliphatic rings. The second-order valence-corrected chi connectivity index (χ2v) is 5.55. The molecule has 0 bridgehead atoms. The third-order valence-corrected chi connectivity index (χ3v) is 4.45. The Morgan fingerprint density at radius 1 is 1.45 bits per heavy atom. The van der Waals surface area contributed by atoms with Crippen molar-refractivity contribution in [2.45, 2.75) is 46.6 Å². The van der Waals surface area contributed by atoms with Crippen LogP contribution in [0.15, 0.2) is 10.8 Å². The summed E-state index contributed by atoms with van der Waals surface area (Å²) in [6.45, 7) is 7.75. The zero-order valence-electron chi connectivity index (χ0n) is 12.1. The molecule has 108 valence electrons. The van der Waals surface area contributed by atoms with Crippen molar-refractivity contribution in [2.75, 3.05) is 0 Å². The first-order valence-electron chi connectivity index (χ1n) is 6.66. The molecule has 0 spiro atoms. The van der Waals surface area contributed by atoms with Crippen LogP contribution in [0.3, 0.4) is 0 Å². The number of ether oxygens (including phenoxy) is 1. The van der Waals surface area contributed by atoms with Crippen molar-refractivity contribution < 1.29 is 13.9 Å². The molecule has 2 rings (SSSR count). The first kappa shape index (κ1) is 14.7. The van der Waals surface area contributed by atoms with E-state index in [4.69, 9.17) is 9.15 Å². The molecule has 6 heteroatoms. The lowest BCUT2D eigenvalue weighted by Crippen LogP contribution is -2.11. The van der Waals surface area contributed by atoms with Crippen LogP contribution in [-0.4, -0.2) is 15.9 Å². The molecule has 2 aromatic heterocycles. The maximum atomic E-state index is 12.1. The van der Waals surface area contributed by atoms with E-state index in [9.17, 15) is 4.79 Å². The first-order valence-corrected chi connectivity index (χ1v) is 7.47. The second kappa shape index (κ2) is 6.17. The summed E-state index contributed by atoms with van der Waals surface area (Å²) in [7, 11) is 0. The number of thiazole rings is 1. The standard InChI is InChI=1S/C14H18N2O3S/c1-5-10-12(15-7-18-10)14(17)19-9(4)13-8(3)16-11(6-2)20-13/h7,9H,5-6H2,1-4H3. The second-order valence-electron chi connectivity index (χ2n) is 4.44. The monoisotopic (exact) mass is 294 g/mol. The molecule has 0 fully saturated rings. The highest BCUT2D eigenvalue weighted by molar-refractivity contribution is 7.11. The summed E-state index contributed by atoms with van der Waals surface area (Å²) in [5.74, 6) is 0.103. The summed E-state index contributed by atoms with van der Waals surface area (Å²) in [5, 5.41) is 1.05. The molecule has 1 atom stereocenters. The van der Waals surface area contributed by atoms with Gasteiger partial charge in [0.2, 0.25) is 0 Å². The highest BCUT2D eigenvalue weighted by atomic mass is 32.1. The number of carbonyl (C=O) groups is 1. The summed E-state index contributed by atoms with van der Waals surface area (Å²) in [6, 6.07) is 0. The number of aromatic nitrogens is 2. The SMILES string of the molecule is CCc1nc(C)c(C(C)OC(=O)c2ncoc2CC)s1. The number of esters is 1. The Bertz CT molecular complexity index is 603. The zero-order valence-corrected chi connectivity index (χ0v) is 12.9. The van der Waals surface area contributed by atoms with Crippen LogP contribution in [0.5, 0.6) is 0 Å². The van der Waals surface area contributed by atoms with Crippen molar-refractivity contribution >= 4 is 17.3 Å². The fourth-order valence-corrected chi connectivity index (χ4v) is 2.94. The average Bonchev–Trinajstić information content (AvgIpc) is 3.04. The third-order valence-electron chi connectivity index (χ3n) is 2.99. The number of hydrogen-bond acceptors (Lipinski definition) is 6. The van der Waals surface area contributed by atoms with Crippen LogP contribution in [0.25, 0.3) is 0 Å². The Kier molecular flexibility index (Phi) is 4.54. The zero-order chi connectivity index (χ0) is 14.7. The Balaban J connectivity index is 2.13. The number of rotatable bonds is 5. The van der Waals surface area contributed by atoms with Gasteiger partial charge in [0.05, 0.1) is 15.6 Å². The van der Waals surface area contributed by atoms with Crippen LogP contribution in [-0.2, 0) is 17.6 Å². The molecular formula is C14H18N2O3S. The predicted molar refractivity (Wildman–Crippen MR) is 75.9 cm³/mol. The van der Waals surface area contributed by atoms with Crippen LogP contribution in [0, 0.1) is 6.92 Å². The Morgan fingerprint density at radius 3 is 2.80 bits per heavy atom. The van der Waals surface area contributed by atoms with Crippen molar-refractivity contribution in [3.8, 4) is 0 Å². The van der Waals surface area contributed by atoms with Crippen molar-refractivity contribution in [1.29, 1.82) is 0 Å². The fourth-order valence-electron chi connectivity index (χ4n) is 1.95. The smallest absolute Gasteiger partial charge is 0.361 e. The van der Waals surface area contributed by atoms with E-state index in [1.807, 2.05) is 20.8 Å². The summed E-state index contributed by atoms with van der Waals surface area (Å²) < 4.78 is 10.6. The molecule has 0 saturated carbocycles. The number of aryl methyl sites for hydroxylation is 3. The predicted octanol–water partition coefficient (Wildman–Crippen LogP) is 3.48. The molecule has 0 aliphatic heterocycles. The molecule has 0 aliphatic carbocycles. The van der Waals surface area contributed by atoms with Gasteiger partial charge in [-0.3, -0.25) is 0 Å². The maximum absolute atomic E-state index is 12.1. The minimum atomic E-state index is -0.450. The lowest BCUT2D eigenvalue weighted by Gasteiger charge is -2.11. The van der Waals surface area contributed by atoms with Crippen molar-refractivity contribution in [1.82, 2.24) is 9.97 Å². The molecule has 1 unspecified atom stereocenters. The summed E-state index contributed by atoms with van der Waals surface area (Å²) in [4.78, 5) is 21.5. The largest absolute Gasteiger partial charge is 0.452 e. The average molecular weight is 294 g/mol. The number of oxazole rings is 1. The lowest BCUT2D eigenvalue weighted by molar-refractivity contribution is 0.0335. The molecule has 20 heavy (non-hydrogen) atoms. The van der Waals surface area contributed by atoms with Gasteiger partial charge >= 0.3 is 5.97 Å². The van der Waals surface area contributed by atoms with Crippen molar-refractivity contribution in [3.63, 3.8) is 0 Å². The highest BCUT2D eigenvalue weighted by Crippen LogP contribution is 2.28. The Hall–Kier alpha value is -1.69. The van der Waals surface area contributed by atoms with Crippen LogP contribution in [0.2, 0.25) is 0 Å². The molecule has 0 radical (unpaired) electrons. The van der Waals surface area contributed by atoms with Crippen molar-refractivity contribution in [3.05, 3.63) is 33.4 Å². The van der Waals surface area contributed by atoms with E-state index in [-0.39, 0.29) is 11.8 Å². The summed E-state index contributed by atoms with van der Waals surface area (Å²) in [5.41, 5.74) is 1.18. The lowest BCUT2D eigenvalue weighted by atomic mass is 10.2. The number of carbonyl (C=O) groups excluding carboxylic acids is 1. The van der Waals surface area contributed by atoms with Crippen LogP contribution in [0.4, 0.5) is 0 Å². The van der Waals surface area contributed by atoms with E-state index in [0.29, 0.717) is 12.2 Å². The van der Waals surface area contributed by atoms with Gasteiger partial charge < -0.3 is 9.15 Å². The quantitative estimate of drug-likeness (QED) is 0.790. The molecular weight excluding hydrogens is 276 g/mol. The van der Waals surface area contributed by atoms with E-state index in [2.05, 4.69) is 16.9 Å². The van der Waals surface area contributed by atoms with E-state index in [1.54, 1.807) is 11.3 Å². The van der Waals surface area contributed by atoms with E-state index in [0.717, 1.165) is 22.0 Å². The normalized spacial score (nSPS) is 12.4. The van der Waals surface area contributed by atoms with Gasteiger partial charge in [-0.2, -0.15) is 0 Å². The van der Waals surface area contributed by atoms with Gasteiger partial charge in [-0.25, -0.2) is 14.8 Å². The van der Waals surface area contributed by atoms with Gasteiger partial charge in [0.15, 0.2) is 12.1 Å². The van der Waals surface area contributed by atoms with Crippen LogP contribution >= 0.6 is 11.3 Å². The van der Waals surface area contributed by atoms with Crippen LogP contribution < -0.4 is 0 Å². The topological polar surface area (TPSA) is 65.2 Å². The van der Waals surface area contributed by atoms with Crippen LogP contribution in [0.1, 0.15) is 58.7 Å². The van der Waals surface area contributed by atoms with Gasteiger partial charge in [-0.05, 0) is 20.3 Å². The van der Waals surface area contributed by atoms with E-state index < -0.39 is 5.97 Å². The Morgan fingerprint density at radius 2 is 2.20 bits per heavy atom. The van der Waals surface area contributed by atoms with Gasteiger partial charge in [-0.15, -0.1) is 11.3 Å². The van der Waals surface area contributed by atoms with Crippen molar-refractivity contribution in [2.24, 2.45) is 0 Å². The van der Waals surface area contributed by atoms with E-state index in [1.165, 1.54) is 6.39 Å². The maximum Gasteiger partial charge on any atom is 0.361 e. The molecule has 0 saturated heterocycles. The minimum Gasteiger partial charge on any atom is -0.452 e. The Labute approximate surface area is 122 Å². The molecule has 0 N–H and O–H groups in total. The van der Waals surface area contributed by atoms with Gasteiger partial charge in [-0.1, -0.05) is 13.8 Å². The summed E-state index contributed by atoms with van der Waals surface area (Å²) >= 11 is 1.58. The third kappa shape index (κ3) is 2.90. The minimum absolute atomic E-state index is 0.261. The molecule has 5 nitrogen and oxygen atoms in total. The molecule has 0 aromatic carbocycles. The molecule has 0 amide bonds. The highest BCUT2D eigenvalue weighted by Gasteiger charge is 2.22. The number of hydrogen-bond donors (Lipinski definition) is 0. The fraction of sp³-hybridized carbons (Fsp3) is 0.500. The van der Waals surface area contributed by atoms with E-state index >= 15 is 0 Å². The molecule has 2 aromatic rings. The van der Waals surface area contributed by atoms with Gasteiger partial charge in [0.25, 0.3) is 0 Å². The van der Waals surface area contributed by atoms with Gasteiger partial charge in [0, 0.05) is 6.42 Å².